The van der Waals surface area contributed by atoms with E-state index in [1.165, 1.54) is 6.33 Å². The quantitative estimate of drug-likeness (QED) is 0.846. The normalized spacial score (nSPS) is 20.3. The number of rotatable bonds is 5. The molecule has 0 aliphatic carbocycles. The van der Waals surface area contributed by atoms with E-state index in [1.807, 2.05) is 0 Å². The number of nitrogens with one attached hydrogen (secondary N) is 1. The molecule has 1 fully saturated rings. The van der Waals surface area contributed by atoms with Gasteiger partial charge in [0, 0.05) is 25.2 Å². The van der Waals surface area contributed by atoms with Gasteiger partial charge >= 0.3 is 0 Å². The second-order valence-electron chi connectivity index (χ2n) is 5.44. The summed E-state index contributed by atoms with van der Waals surface area (Å²) < 4.78 is 5.78. The third-order valence-corrected chi connectivity index (χ3v) is 3.66. The Morgan fingerprint density at radius 2 is 2.30 bits per heavy atom. The van der Waals surface area contributed by atoms with Crippen LogP contribution in [0, 0.1) is 0 Å². The molecule has 3 N–H and O–H groups in total. The Labute approximate surface area is 120 Å². The van der Waals surface area contributed by atoms with Crippen LogP contribution in [0.2, 0.25) is 0 Å². The van der Waals surface area contributed by atoms with E-state index in [1.54, 1.807) is 0 Å². The molecule has 2 heterocycles. The smallest absolute Gasteiger partial charge is 0.135 e. The molecule has 6 nitrogen and oxygen atoms in total. The summed E-state index contributed by atoms with van der Waals surface area (Å²) in [5, 5.41) is 3.37. The van der Waals surface area contributed by atoms with Crippen molar-refractivity contribution in [3.8, 4) is 0 Å². The van der Waals surface area contributed by atoms with Crippen molar-refractivity contribution in [2.45, 2.75) is 32.8 Å². The van der Waals surface area contributed by atoms with Crippen molar-refractivity contribution in [1.29, 1.82) is 0 Å². The van der Waals surface area contributed by atoms with Gasteiger partial charge in [-0.1, -0.05) is 20.8 Å². The molecule has 1 atom stereocenters. The summed E-state index contributed by atoms with van der Waals surface area (Å²) >= 11 is 0. The van der Waals surface area contributed by atoms with Crippen LogP contribution in [-0.4, -0.2) is 53.8 Å². The first kappa shape index (κ1) is 15.0. The first-order valence-corrected chi connectivity index (χ1v) is 7.30. The van der Waals surface area contributed by atoms with Gasteiger partial charge in [0.05, 0.1) is 12.7 Å². The molecule has 6 heteroatoms. The lowest BCUT2D eigenvalue weighted by Crippen LogP contribution is -2.45. The second kappa shape index (κ2) is 6.85. The van der Waals surface area contributed by atoms with E-state index in [2.05, 4.69) is 41.0 Å². The second-order valence-corrected chi connectivity index (χ2v) is 5.44. The van der Waals surface area contributed by atoms with E-state index >= 15 is 0 Å². The molecule has 20 heavy (non-hydrogen) atoms. The van der Waals surface area contributed by atoms with Crippen LogP contribution in [0.4, 0.5) is 11.6 Å². The van der Waals surface area contributed by atoms with Crippen LogP contribution >= 0.6 is 0 Å². The largest absolute Gasteiger partial charge is 0.383 e. The highest BCUT2D eigenvalue weighted by atomic mass is 16.5. The Hall–Kier alpha value is -1.40. The lowest BCUT2D eigenvalue weighted by atomic mass is 10.0. The summed E-state index contributed by atoms with van der Waals surface area (Å²) in [5.74, 6) is 1.67. The van der Waals surface area contributed by atoms with Gasteiger partial charge in [0.2, 0.25) is 0 Å². The van der Waals surface area contributed by atoms with Crippen molar-refractivity contribution >= 4 is 11.6 Å². The molecule has 0 amide bonds. The van der Waals surface area contributed by atoms with Crippen LogP contribution < -0.4 is 11.1 Å². The van der Waals surface area contributed by atoms with Crippen molar-refractivity contribution in [3.05, 3.63) is 11.9 Å². The molecule has 1 aromatic rings. The highest BCUT2D eigenvalue weighted by Gasteiger charge is 2.20. The average molecular weight is 279 g/mol. The number of anilines is 2. The van der Waals surface area contributed by atoms with Gasteiger partial charge in [0.1, 0.15) is 18.0 Å². The fraction of sp³-hybridized carbons (Fsp3) is 0.714. The number of hydrogen-bond acceptors (Lipinski definition) is 6. The van der Waals surface area contributed by atoms with Gasteiger partial charge in [-0.3, -0.25) is 4.90 Å². The zero-order chi connectivity index (χ0) is 14.5. The molecule has 1 unspecified atom stereocenters. The highest BCUT2D eigenvalue weighted by molar-refractivity contribution is 5.56. The van der Waals surface area contributed by atoms with Gasteiger partial charge in [-0.2, -0.15) is 0 Å². The van der Waals surface area contributed by atoms with Crippen LogP contribution in [0.1, 0.15) is 32.3 Å². The molecule has 2 rings (SSSR count). The zero-order valence-corrected chi connectivity index (χ0v) is 12.6. The fourth-order valence-corrected chi connectivity index (χ4v) is 2.52. The van der Waals surface area contributed by atoms with Gasteiger partial charge in [-0.15, -0.1) is 0 Å². The topological polar surface area (TPSA) is 76.3 Å². The number of nitrogen functional groups attached to an aromatic ring is 1. The van der Waals surface area contributed by atoms with Crippen molar-refractivity contribution in [2.75, 3.05) is 43.8 Å². The van der Waals surface area contributed by atoms with Crippen LogP contribution in [0.25, 0.3) is 0 Å². The van der Waals surface area contributed by atoms with E-state index in [0.29, 0.717) is 5.82 Å². The monoisotopic (exact) mass is 279 g/mol. The molecule has 1 aliphatic heterocycles. The molecule has 1 saturated heterocycles. The number of morpholine rings is 1. The number of nitrogens with zero attached hydrogens (tertiary/aromatic N) is 3. The Balaban J connectivity index is 1.99. The Morgan fingerprint density at radius 1 is 1.50 bits per heavy atom. The maximum absolute atomic E-state index is 5.94. The number of ether oxygens (including phenoxy) is 1. The maximum atomic E-state index is 5.94. The molecular weight excluding hydrogens is 254 g/mol. The average Bonchev–Trinajstić information content (AvgIpc) is 2.45. The molecule has 0 bridgehead atoms. The van der Waals surface area contributed by atoms with Crippen LogP contribution in [0.5, 0.6) is 0 Å². The lowest BCUT2D eigenvalue weighted by molar-refractivity contribution is -0.0192. The Morgan fingerprint density at radius 3 is 3.00 bits per heavy atom. The zero-order valence-electron chi connectivity index (χ0n) is 12.6. The predicted octanol–water partition coefficient (Wildman–Crippen LogP) is 1.31. The molecule has 0 radical (unpaired) electrons. The first-order valence-electron chi connectivity index (χ1n) is 7.30. The summed E-state index contributed by atoms with van der Waals surface area (Å²) in [6.07, 6.45) is 1.70. The lowest BCUT2D eigenvalue weighted by Gasteiger charge is -2.32. The maximum Gasteiger partial charge on any atom is 0.135 e. The third-order valence-electron chi connectivity index (χ3n) is 3.66. The molecule has 0 saturated carbocycles. The first-order chi connectivity index (χ1) is 9.61. The van der Waals surface area contributed by atoms with Crippen molar-refractivity contribution < 1.29 is 4.74 Å². The minimum Gasteiger partial charge on any atom is -0.383 e. The van der Waals surface area contributed by atoms with Gasteiger partial charge < -0.3 is 15.8 Å². The fourth-order valence-electron chi connectivity index (χ4n) is 2.52. The van der Waals surface area contributed by atoms with Gasteiger partial charge in [0.25, 0.3) is 0 Å². The summed E-state index contributed by atoms with van der Waals surface area (Å²) in [7, 11) is 0. The number of nitrogens with two attached hydrogens (primary N) is 1. The molecule has 1 aromatic heterocycles. The molecular formula is C14H25N5O. The van der Waals surface area contributed by atoms with E-state index in [-0.39, 0.29) is 12.0 Å². The molecule has 1 aliphatic rings. The summed E-state index contributed by atoms with van der Waals surface area (Å²) in [6, 6.07) is 0. The standard InChI is InChI=1S/C14H25N5O/c1-4-19-5-6-20-11(8-19)7-16-14-12(10(2)3)13(15)17-9-18-14/h9-11H,4-8H2,1-3H3,(H3,15,16,17,18). The third kappa shape index (κ3) is 3.58. The van der Waals surface area contributed by atoms with E-state index in [0.717, 1.165) is 44.2 Å². The Bertz CT molecular complexity index is 438. The molecule has 112 valence electrons. The predicted molar refractivity (Wildman–Crippen MR) is 80.9 cm³/mol. The Kier molecular flexibility index (Phi) is 5.14. The summed E-state index contributed by atoms with van der Waals surface area (Å²) in [6.45, 7) is 10.9. The van der Waals surface area contributed by atoms with Crippen molar-refractivity contribution in [3.63, 3.8) is 0 Å². The van der Waals surface area contributed by atoms with E-state index in [9.17, 15) is 0 Å². The number of hydrogen-bond donors (Lipinski definition) is 2. The number of likely N-dealkylation sites (N-methyl/N-ethyl adjacent to an activating group) is 1. The SMILES string of the molecule is CCN1CCOC(CNc2ncnc(N)c2C(C)C)C1. The van der Waals surface area contributed by atoms with Gasteiger partial charge in [-0.25, -0.2) is 9.97 Å². The van der Waals surface area contributed by atoms with E-state index in [4.69, 9.17) is 10.5 Å². The summed E-state index contributed by atoms with van der Waals surface area (Å²) in [4.78, 5) is 10.8. The minimum absolute atomic E-state index is 0.194. The molecule has 0 spiro atoms. The van der Waals surface area contributed by atoms with Gasteiger partial charge in [-0.05, 0) is 12.5 Å². The number of aromatic nitrogens is 2. The van der Waals surface area contributed by atoms with Crippen LogP contribution in [-0.2, 0) is 4.74 Å². The minimum atomic E-state index is 0.194. The summed E-state index contributed by atoms with van der Waals surface area (Å²) in [5.41, 5.74) is 6.93. The van der Waals surface area contributed by atoms with E-state index < -0.39 is 0 Å². The van der Waals surface area contributed by atoms with Crippen LogP contribution in [0.15, 0.2) is 6.33 Å². The van der Waals surface area contributed by atoms with Crippen molar-refractivity contribution in [1.82, 2.24) is 14.9 Å². The molecule has 0 aromatic carbocycles. The van der Waals surface area contributed by atoms with Crippen LogP contribution in [0.3, 0.4) is 0 Å². The van der Waals surface area contributed by atoms with Crippen molar-refractivity contribution in [2.24, 2.45) is 0 Å². The highest BCUT2D eigenvalue weighted by Crippen LogP contribution is 2.26. The van der Waals surface area contributed by atoms with Gasteiger partial charge in [0.15, 0.2) is 0 Å².